The third kappa shape index (κ3) is 3.55. The predicted octanol–water partition coefficient (Wildman–Crippen LogP) is 3.00. The van der Waals surface area contributed by atoms with Crippen molar-refractivity contribution in [2.75, 3.05) is 6.54 Å². The average molecular weight is 319 g/mol. The molecule has 0 saturated carbocycles. The molecule has 0 bridgehead atoms. The first-order valence-corrected chi connectivity index (χ1v) is 7.64. The molecule has 1 aliphatic rings. The Morgan fingerprint density at radius 1 is 1.26 bits per heavy atom. The second-order valence-corrected chi connectivity index (χ2v) is 6.80. The SMILES string of the molecule is CC(=O)c1cc(F)ccc1C=C(CN)B1OC(C)(C)C(C)(C)O1. The predicted molar refractivity (Wildman–Crippen MR) is 89.5 cm³/mol. The van der Waals surface area contributed by atoms with Crippen molar-refractivity contribution >= 4 is 19.0 Å². The van der Waals surface area contributed by atoms with Gasteiger partial charge < -0.3 is 15.0 Å². The lowest BCUT2D eigenvalue weighted by atomic mass is 9.76. The quantitative estimate of drug-likeness (QED) is 0.684. The Balaban J connectivity index is 2.40. The van der Waals surface area contributed by atoms with Crippen LogP contribution in [0.5, 0.6) is 0 Å². The summed E-state index contributed by atoms with van der Waals surface area (Å²) in [7, 11) is -0.588. The monoisotopic (exact) mass is 319 g/mol. The molecular weight excluding hydrogens is 296 g/mol. The van der Waals surface area contributed by atoms with Gasteiger partial charge >= 0.3 is 7.12 Å². The molecule has 1 heterocycles. The van der Waals surface area contributed by atoms with Crippen molar-refractivity contribution in [1.82, 2.24) is 0 Å². The lowest BCUT2D eigenvalue weighted by Gasteiger charge is -2.32. The van der Waals surface area contributed by atoms with Crippen LogP contribution < -0.4 is 5.73 Å². The highest BCUT2D eigenvalue weighted by molar-refractivity contribution is 6.56. The van der Waals surface area contributed by atoms with Crippen LogP contribution in [0.3, 0.4) is 0 Å². The first-order valence-electron chi connectivity index (χ1n) is 7.64. The number of benzene rings is 1. The van der Waals surface area contributed by atoms with Crippen LogP contribution in [-0.4, -0.2) is 30.6 Å². The summed E-state index contributed by atoms with van der Waals surface area (Å²) in [6.07, 6.45) is 1.75. The van der Waals surface area contributed by atoms with E-state index < -0.39 is 24.1 Å². The minimum absolute atomic E-state index is 0.207. The zero-order chi connectivity index (χ0) is 17.4. The zero-order valence-electron chi connectivity index (χ0n) is 14.3. The minimum atomic E-state index is -0.588. The number of nitrogens with two attached hydrogens (primary N) is 1. The molecule has 1 aliphatic heterocycles. The largest absolute Gasteiger partial charge is 0.491 e. The highest BCUT2D eigenvalue weighted by Gasteiger charge is 2.52. The molecule has 6 heteroatoms. The fourth-order valence-corrected chi connectivity index (χ4v) is 2.38. The average Bonchev–Trinajstić information content (AvgIpc) is 2.65. The summed E-state index contributed by atoms with van der Waals surface area (Å²) in [5, 5.41) is 0. The van der Waals surface area contributed by atoms with Gasteiger partial charge in [-0.3, -0.25) is 4.79 Å². The highest BCUT2D eigenvalue weighted by Crippen LogP contribution is 2.38. The van der Waals surface area contributed by atoms with Gasteiger partial charge in [-0.1, -0.05) is 12.1 Å². The van der Waals surface area contributed by atoms with E-state index in [1.807, 2.05) is 27.7 Å². The number of carbonyl (C=O) groups excluding carboxylic acids is 1. The maximum atomic E-state index is 13.4. The lowest BCUT2D eigenvalue weighted by molar-refractivity contribution is 0.00578. The standard InChI is InChI=1S/C17H23BFNO3/c1-11(21)15-9-14(19)7-6-12(15)8-13(10-20)18-22-16(2,3)17(4,5)23-18/h6-9H,10,20H2,1-5H3. The van der Waals surface area contributed by atoms with Gasteiger partial charge in [-0.05, 0) is 57.8 Å². The van der Waals surface area contributed by atoms with Crippen LogP contribution in [0.2, 0.25) is 0 Å². The molecule has 1 aromatic rings. The Labute approximate surface area is 137 Å². The van der Waals surface area contributed by atoms with Crippen LogP contribution >= 0.6 is 0 Å². The summed E-state index contributed by atoms with van der Waals surface area (Å²) in [5.74, 6) is -0.654. The van der Waals surface area contributed by atoms with Crippen LogP contribution in [0, 0.1) is 5.82 Å². The second kappa shape index (κ2) is 6.19. The number of ketones is 1. The fraction of sp³-hybridized carbons (Fsp3) is 0.471. The number of hydrogen-bond acceptors (Lipinski definition) is 4. The molecule has 0 radical (unpaired) electrons. The van der Waals surface area contributed by atoms with Gasteiger partial charge in [0.05, 0.1) is 11.2 Å². The molecule has 124 valence electrons. The molecule has 1 saturated heterocycles. The van der Waals surface area contributed by atoms with Crippen LogP contribution in [0.1, 0.15) is 50.5 Å². The summed E-state index contributed by atoms with van der Waals surface area (Å²) in [5.41, 5.74) is 6.52. The highest BCUT2D eigenvalue weighted by atomic mass is 19.1. The second-order valence-electron chi connectivity index (χ2n) is 6.80. The molecule has 2 rings (SSSR count). The molecule has 1 fully saturated rings. The third-order valence-corrected chi connectivity index (χ3v) is 4.53. The summed E-state index contributed by atoms with van der Waals surface area (Å²) in [6, 6.07) is 4.11. The van der Waals surface area contributed by atoms with Crippen molar-refractivity contribution in [2.24, 2.45) is 5.73 Å². The molecule has 0 spiro atoms. The lowest BCUT2D eigenvalue weighted by Crippen LogP contribution is -2.41. The van der Waals surface area contributed by atoms with Crippen LogP contribution in [-0.2, 0) is 9.31 Å². The van der Waals surface area contributed by atoms with Crippen molar-refractivity contribution in [1.29, 1.82) is 0 Å². The summed E-state index contributed by atoms with van der Waals surface area (Å²) in [4.78, 5) is 11.7. The number of Topliss-reactive ketones (excluding diaryl/α,β-unsaturated/α-hetero) is 1. The first-order chi connectivity index (χ1) is 10.6. The van der Waals surface area contributed by atoms with E-state index in [0.29, 0.717) is 16.6 Å². The van der Waals surface area contributed by atoms with E-state index >= 15 is 0 Å². The molecule has 0 amide bonds. The Morgan fingerprint density at radius 3 is 2.30 bits per heavy atom. The topological polar surface area (TPSA) is 61.6 Å². The van der Waals surface area contributed by atoms with Crippen LogP contribution in [0.15, 0.2) is 23.7 Å². The molecule has 0 aromatic heterocycles. The van der Waals surface area contributed by atoms with E-state index in [1.165, 1.54) is 19.1 Å². The fourth-order valence-electron chi connectivity index (χ4n) is 2.38. The Morgan fingerprint density at radius 2 is 1.83 bits per heavy atom. The van der Waals surface area contributed by atoms with E-state index in [1.54, 1.807) is 12.1 Å². The van der Waals surface area contributed by atoms with Gasteiger partial charge in [-0.25, -0.2) is 4.39 Å². The van der Waals surface area contributed by atoms with E-state index in [4.69, 9.17) is 15.0 Å². The number of halogens is 1. The van der Waals surface area contributed by atoms with E-state index in [0.717, 1.165) is 0 Å². The molecule has 0 unspecified atom stereocenters. The zero-order valence-corrected chi connectivity index (χ0v) is 14.3. The molecule has 2 N–H and O–H groups in total. The van der Waals surface area contributed by atoms with Gasteiger partial charge in [0.1, 0.15) is 5.82 Å². The normalized spacial score (nSPS) is 20.0. The summed E-state index contributed by atoms with van der Waals surface area (Å²) in [6.45, 7) is 9.45. The third-order valence-electron chi connectivity index (χ3n) is 4.53. The number of hydrogen-bond donors (Lipinski definition) is 1. The van der Waals surface area contributed by atoms with Crippen molar-refractivity contribution in [2.45, 2.75) is 45.8 Å². The number of carbonyl (C=O) groups is 1. The molecule has 0 atom stereocenters. The van der Waals surface area contributed by atoms with Crippen LogP contribution in [0.25, 0.3) is 6.08 Å². The van der Waals surface area contributed by atoms with Crippen molar-refractivity contribution in [3.8, 4) is 0 Å². The van der Waals surface area contributed by atoms with Gasteiger partial charge in [-0.2, -0.15) is 0 Å². The Hall–Kier alpha value is -1.50. The van der Waals surface area contributed by atoms with Crippen LogP contribution in [0.4, 0.5) is 4.39 Å². The van der Waals surface area contributed by atoms with Gasteiger partial charge in [0.15, 0.2) is 5.78 Å². The molecule has 0 aliphatic carbocycles. The van der Waals surface area contributed by atoms with Crippen molar-refractivity contribution < 1.29 is 18.5 Å². The molecular formula is C17H23BFNO3. The molecule has 1 aromatic carbocycles. The minimum Gasteiger partial charge on any atom is -0.400 e. The Kier molecular flexibility index (Phi) is 4.80. The van der Waals surface area contributed by atoms with E-state index in [9.17, 15) is 9.18 Å². The van der Waals surface area contributed by atoms with Gasteiger partial charge in [0.2, 0.25) is 0 Å². The van der Waals surface area contributed by atoms with E-state index in [-0.39, 0.29) is 12.3 Å². The maximum Gasteiger partial charge on any atom is 0.491 e. The molecule has 23 heavy (non-hydrogen) atoms. The van der Waals surface area contributed by atoms with Gasteiger partial charge in [0.25, 0.3) is 0 Å². The van der Waals surface area contributed by atoms with Gasteiger partial charge in [-0.15, -0.1) is 0 Å². The smallest absolute Gasteiger partial charge is 0.400 e. The number of rotatable bonds is 4. The van der Waals surface area contributed by atoms with Crippen molar-refractivity contribution in [3.05, 3.63) is 40.6 Å². The summed E-state index contributed by atoms with van der Waals surface area (Å²) < 4.78 is 25.4. The first kappa shape index (κ1) is 17.9. The maximum absolute atomic E-state index is 13.4. The van der Waals surface area contributed by atoms with Gasteiger partial charge in [0, 0.05) is 12.1 Å². The molecule has 4 nitrogen and oxygen atoms in total. The van der Waals surface area contributed by atoms with E-state index in [2.05, 4.69) is 0 Å². The summed E-state index contributed by atoms with van der Waals surface area (Å²) >= 11 is 0. The van der Waals surface area contributed by atoms with Crippen molar-refractivity contribution in [3.63, 3.8) is 0 Å². The Bertz CT molecular complexity index is 639.